The first-order chi connectivity index (χ1) is 10.3. The molecule has 112 valence electrons. The van der Waals surface area contributed by atoms with E-state index in [2.05, 4.69) is 53.4 Å². The number of fused-ring (bicyclic) bond motifs is 1. The molecule has 1 aromatic heterocycles. The zero-order valence-corrected chi connectivity index (χ0v) is 13.0. The summed E-state index contributed by atoms with van der Waals surface area (Å²) in [6, 6.07) is 11.3. The van der Waals surface area contributed by atoms with E-state index in [4.69, 9.17) is 0 Å². The molecular weight excluding hydrogens is 258 g/mol. The second kappa shape index (κ2) is 6.54. The van der Waals surface area contributed by atoms with Crippen LogP contribution in [0.4, 0.5) is 0 Å². The Morgan fingerprint density at radius 1 is 1.29 bits per heavy atom. The standard InChI is InChI=1S/C18H25N3/c1-3-21-12-6-9-15(13-19-2)18(21)16-10-4-7-14-8-5-11-20-17(14)16/h4-5,7-8,10-11,15,18-19H,3,6,9,12-13H2,1-2H3. The van der Waals surface area contributed by atoms with E-state index in [1.165, 1.54) is 35.9 Å². The maximum Gasteiger partial charge on any atom is 0.0749 e. The summed E-state index contributed by atoms with van der Waals surface area (Å²) in [7, 11) is 2.06. The number of pyridine rings is 1. The average molecular weight is 283 g/mol. The highest BCUT2D eigenvalue weighted by Crippen LogP contribution is 2.38. The van der Waals surface area contributed by atoms with E-state index in [1.807, 2.05) is 12.3 Å². The molecule has 1 aromatic carbocycles. The van der Waals surface area contributed by atoms with Crippen molar-refractivity contribution in [2.45, 2.75) is 25.8 Å². The Kier molecular flexibility index (Phi) is 4.51. The number of piperidine rings is 1. The molecule has 2 unspecified atom stereocenters. The fourth-order valence-electron chi connectivity index (χ4n) is 3.80. The summed E-state index contributed by atoms with van der Waals surface area (Å²) < 4.78 is 0. The van der Waals surface area contributed by atoms with Crippen molar-refractivity contribution in [1.29, 1.82) is 0 Å². The number of nitrogens with one attached hydrogen (secondary N) is 1. The normalized spacial score (nSPS) is 23.5. The summed E-state index contributed by atoms with van der Waals surface area (Å²) in [5, 5.41) is 4.63. The molecule has 0 spiro atoms. The quantitative estimate of drug-likeness (QED) is 0.934. The van der Waals surface area contributed by atoms with Crippen LogP contribution >= 0.6 is 0 Å². The molecule has 0 amide bonds. The first kappa shape index (κ1) is 14.5. The number of nitrogens with zero attached hydrogens (tertiary/aromatic N) is 2. The van der Waals surface area contributed by atoms with Gasteiger partial charge in [0.15, 0.2) is 0 Å². The topological polar surface area (TPSA) is 28.2 Å². The fourth-order valence-corrected chi connectivity index (χ4v) is 3.80. The molecule has 1 fully saturated rings. The number of hydrogen-bond acceptors (Lipinski definition) is 3. The van der Waals surface area contributed by atoms with E-state index in [0.29, 0.717) is 12.0 Å². The molecule has 1 N–H and O–H groups in total. The smallest absolute Gasteiger partial charge is 0.0749 e. The molecule has 0 bridgehead atoms. The number of aromatic nitrogens is 1. The molecule has 3 heteroatoms. The number of benzene rings is 1. The van der Waals surface area contributed by atoms with Crippen LogP contribution in [-0.4, -0.2) is 36.6 Å². The Labute approximate surface area is 127 Å². The Hall–Kier alpha value is -1.45. The van der Waals surface area contributed by atoms with E-state index in [9.17, 15) is 0 Å². The van der Waals surface area contributed by atoms with Gasteiger partial charge in [0.25, 0.3) is 0 Å². The van der Waals surface area contributed by atoms with Crippen LogP contribution < -0.4 is 5.32 Å². The third kappa shape index (κ3) is 2.81. The van der Waals surface area contributed by atoms with Gasteiger partial charge in [-0.05, 0) is 57.1 Å². The van der Waals surface area contributed by atoms with Crippen molar-refractivity contribution < 1.29 is 0 Å². The van der Waals surface area contributed by atoms with Crippen LogP contribution in [-0.2, 0) is 0 Å². The van der Waals surface area contributed by atoms with Gasteiger partial charge in [0, 0.05) is 17.6 Å². The molecule has 3 rings (SSSR count). The third-order valence-electron chi connectivity index (χ3n) is 4.72. The summed E-state index contributed by atoms with van der Waals surface area (Å²) in [5.74, 6) is 0.663. The SMILES string of the molecule is CCN1CCCC(CNC)C1c1cccc2cccnc12. The van der Waals surface area contributed by atoms with Gasteiger partial charge < -0.3 is 5.32 Å². The number of likely N-dealkylation sites (tertiary alicyclic amines) is 1. The Bertz CT molecular complexity index is 589. The van der Waals surface area contributed by atoms with Gasteiger partial charge in [-0.1, -0.05) is 31.2 Å². The van der Waals surface area contributed by atoms with Crippen molar-refractivity contribution in [2.24, 2.45) is 5.92 Å². The van der Waals surface area contributed by atoms with Crippen LogP contribution in [0, 0.1) is 5.92 Å². The minimum Gasteiger partial charge on any atom is -0.319 e. The van der Waals surface area contributed by atoms with Gasteiger partial charge >= 0.3 is 0 Å². The molecule has 0 saturated carbocycles. The van der Waals surface area contributed by atoms with E-state index in [1.54, 1.807) is 0 Å². The Morgan fingerprint density at radius 3 is 2.95 bits per heavy atom. The second-order valence-corrected chi connectivity index (χ2v) is 5.96. The molecule has 1 aliphatic rings. The predicted octanol–water partition coefficient (Wildman–Crippen LogP) is 3.23. The molecule has 2 heterocycles. The average Bonchev–Trinajstić information content (AvgIpc) is 2.54. The van der Waals surface area contributed by atoms with Crippen LogP contribution in [0.25, 0.3) is 10.9 Å². The van der Waals surface area contributed by atoms with Crippen LogP contribution in [0.3, 0.4) is 0 Å². The van der Waals surface area contributed by atoms with Crippen molar-refractivity contribution in [1.82, 2.24) is 15.2 Å². The third-order valence-corrected chi connectivity index (χ3v) is 4.72. The van der Waals surface area contributed by atoms with Crippen LogP contribution in [0.1, 0.15) is 31.4 Å². The second-order valence-electron chi connectivity index (χ2n) is 5.96. The summed E-state index contributed by atoms with van der Waals surface area (Å²) in [4.78, 5) is 7.29. The molecular formula is C18H25N3. The van der Waals surface area contributed by atoms with Crippen molar-refractivity contribution in [2.75, 3.05) is 26.7 Å². The molecule has 1 aliphatic heterocycles. The minimum atomic E-state index is 0.481. The van der Waals surface area contributed by atoms with E-state index < -0.39 is 0 Å². The van der Waals surface area contributed by atoms with E-state index >= 15 is 0 Å². The van der Waals surface area contributed by atoms with Gasteiger partial charge in [0.1, 0.15) is 0 Å². The molecule has 2 atom stereocenters. The lowest BCUT2D eigenvalue weighted by Gasteiger charge is -2.41. The molecule has 3 nitrogen and oxygen atoms in total. The van der Waals surface area contributed by atoms with Gasteiger partial charge in [-0.25, -0.2) is 0 Å². The van der Waals surface area contributed by atoms with Crippen LogP contribution in [0.15, 0.2) is 36.5 Å². The first-order valence-electron chi connectivity index (χ1n) is 8.07. The number of para-hydroxylation sites is 1. The largest absolute Gasteiger partial charge is 0.319 e. The summed E-state index contributed by atoms with van der Waals surface area (Å²) >= 11 is 0. The Balaban J connectivity index is 2.07. The lowest BCUT2D eigenvalue weighted by Crippen LogP contribution is -2.42. The van der Waals surface area contributed by atoms with Crippen LogP contribution in [0.5, 0.6) is 0 Å². The maximum absolute atomic E-state index is 4.67. The van der Waals surface area contributed by atoms with Gasteiger partial charge in [-0.15, -0.1) is 0 Å². The Morgan fingerprint density at radius 2 is 2.14 bits per heavy atom. The van der Waals surface area contributed by atoms with Crippen molar-refractivity contribution >= 4 is 10.9 Å². The molecule has 0 aliphatic carbocycles. The molecule has 1 saturated heterocycles. The van der Waals surface area contributed by atoms with Gasteiger partial charge in [-0.3, -0.25) is 9.88 Å². The van der Waals surface area contributed by atoms with Gasteiger partial charge in [0.05, 0.1) is 5.52 Å². The first-order valence-corrected chi connectivity index (χ1v) is 8.07. The highest BCUT2D eigenvalue weighted by atomic mass is 15.2. The monoisotopic (exact) mass is 283 g/mol. The molecule has 0 radical (unpaired) electrons. The number of hydrogen-bond donors (Lipinski definition) is 1. The molecule has 2 aromatic rings. The lowest BCUT2D eigenvalue weighted by molar-refractivity contribution is 0.0991. The number of rotatable bonds is 4. The summed E-state index contributed by atoms with van der Waals surface area (Å²) in [6.07, 6.45) is 4.51. The van der Waals surface area contributed by atoms with Crippen molar-refractivity contribution in [3.8, 4) is 0 Å². The highest BCUT2D eigenvalue weighted by molar-refractivity contribution is 5.82. The van der Waals surface area contributed by atoms with Crippen LogP contribution in [0.2, 0.25) is 0 Å². The van der Waals surface area contributed by atoms with E-state index in [0.717, 1.165) is 13.1 Å². The maximum atomic E-state index is 4.67. The zero-order chi connectivity index (χ0) is 14.7. The predicted molar refractivity (Wildman–Crippen MR) is 88.4 cm³/mol. The highest BCUT2D eigenvalue weighted by Gasteiger charge is 2.32. The summed E-state index contributed by atoms with van der Waals surface area (Å²) in [6.45, 7) is 5.65. The molecule has 21 heavy (non-hydrogen) atoms. The van der Waals surface area contributed by atoms with Crippen molar-refractivity contribution in [3.05, 3.63) is 42.1 Å². The lowest BCUT2D eigenvalue weighted by atomic mass is 9.83. The van der Waals surface area contributed by atoms with Gasteiger partial charge in [0.2, 0.25) is 0 Å². The fraction of sp³-hybridized carbons (Fsp3) is 0.500. The van der Waals surface area contributed by atoms with Gasteiger partial charge in [-0.2, -0.15) is 0 Å². The summed E-state index contributed by atoms with van der Waals surface area (Å²) in [5.41, 5.74) is 2.57. The van der Waals surface area contributed by atoms with E-state index in [-0.39, 0.29) is 0 Å². The van der Waals surface area contributed by atoms with Crippen molar-refractivity contribution in [3.63, 3.8) is 0 Å². The minimum absolute atomic E-state index is 0.481. The zero-order valence-electron chi connectivity index (χ0n) is 13.0.